The van der Waals surface area contributed by atoms with Gasteiger partial charge in [0.15, 0.2) is 0 Å². The van der Waals surface area contributed by atoms with Gasteiger partial charge in [-0.25, -0.2) is 0 Å². The van der Waals surface area contributed by atoms with E-state index in [1.54, 1.807) is 6.92 Å². The zero-order valence-electron chi connectivity index (χ0n) is 10.6. The molecule has 0 aliphatic heterocycles. The lowest BCUT2D eigenvalue weighted by Gasteiger charge is -2.21. The van der Waals surface area contributed by atoms with E-state index in [-0.39, 0.29) is 11.5 Å². The van der Waals surface area contributed by atoms with Gasteiger partial charge in [0.05, 0.1) is 5.56 Å². The topological polar surface area (TPSA) is 89.8 Å². The maximum Gasteiger partial charge on any atom is 0.320 e. The van der Waals surface area contributed by atoms with Crippen molar-refractivity contribution >= 4 is 5.97 Å². The van der Waals surface area contributed by atoms with Gasteiger partial charge in [-0.1, -0.05) is 19.4 Å². The summed E-state index contributed by atoms with van der Waals surface area (Å²) < 4.78 is 0. The summed E-state index contributed by atoms with van der Waals surface area (Å²) in [5, 5.41) is 31.3. The first-order valence-corrected chi connectivity index (χ1v) is 5.97. The Morgan fingerprint density at radius 1 is 1.33 bits per heavy atom. The molecular formula is C13H19NO4. The summed E-state index contributed by atoms with van der Waals surface area (Å²) in [6.07, 6.45) is 1.23. The van der Waals surface area contributed by atoms with Gasteiger partial charge >= 0.3 is 5.97 Å². The molecule has 0 spiro atoms. The molecule has 0 saturated carbocycles. The number of carbonyl (C=O) groups is 1. The van der Waals surface area contributed by atoms with Gasteiger partial charge < -0.3 is 15.3 Å². The second-order valence-electron chi connectivity index (χ2n) is 4.28. The van der Waals surface area contributed by atoms with E-state index in [9.17, 15) is 15.0 Å². The third kappa shape index (κ3) is 3.37. The van der Waals surface area contributed by atoms with Crippen LogP contribution in [0.3, 0.4) is 0 Å². The van der Waals surface area contributed by atoms with Crippen LogP contribution in [0.1, 0.15) is 38.3 Å². The lowest BCUT2D eigenvalue weighted by atomic mass is 10.0. The first-order valence-electron chi connectivity index (χ1n) is 5.97. The molecular weight excluding hydrogens is 234 g/mol. The molecule has 0 bridgehead atoms. The van der Waals surface area contributed by atoms with Gasteiger partial charge in [-0.15, -0.1) is 0 Å². The molecule has 18 heavy (non-hydrogen) atoms. The van der Waals surface area contributed by atoms with Crippen molar-refractivity contribution < 1.29 is 20.1 Å². The van der Waals surface area contributed by atoms with Crippen LogP contribution in [0, 0.1) is 0 Å². The molecule has 0 saturated heterocycles. The van der Waals surface area contributed by atoms with Crippen molar-refractivity contribution in [3.8, 4) is 11.5 Å². The molecule has 0 heterocycles. The number of aliphatic carboxylic acids is 1. The third-order valence-electron chi connectivity index (χ3n) is 2.82. The number of benzene rings is 1. The van der Waals surface area contributed by atoms with Crippen LogP contribution in [0.4, 0.5) is 0 Å². The minimum atomic E-state index is -0.932. The Kier molecular flexibility index (Phi) is 4.97. The first-order chi connectivity index (χ1) is 8.47. The number of hydrogen-bond donors (Lipinski definition) is 4. The van der Waals surface area contributed by atoms with Gasteiger partial charge in [0.1, 0.15) is 17.5 Å². The molecule has 100 valence electrons. The molecule has 2 atom stereocenters. The predicted octanol–water partition coefficient (Wildman–Crippen LogP) is 2.00. The average molecular weight is 253 g/mol. The number of carboxylic acids is 1. The fraction of sp³-hybridized carbons (Fsp3) is 0.462. The number of hydrogen-bond acceptors (Lipinski definition) is 4. The Bertz CT molecular complexity index is 399. The van der Waals surface area contributed by atoms with Crippen LogP contribution < -0.4 is 5.32 Å². The Balaban J connectivity index is 2.86. The predicted molar refractivity (Wildman–Crippen MR) is 67.7 cm³/mol. The van der Waals surface area contributed by atoms with E-state index in [4.69, 9.17) is 5.11 Å². The van der Waals surface area contributed by atoms with Crippen molar-refractivity contribution in [3.63, 3.8) is 0 Å². The van der Waals surface area contributed by atoms with Gasteiger partial charge in [0.2, 0.25) is 0 Å². The van der Waals surface area contributed by atoms with E-state index in [2.05, 4.69) is 5.32 Å². The molecule has 0 aliphatic rings. The lowest BCUT2D eigenvalue weighted by Crippen LogP contribution is -2.38. The highest BCUT2D eigenvalue weighted by molar-refractivity contribution is 5.73. The summed E-state index contributed by atoms with van der Waals surface area (Å²) in [4.78, 5) is 11.0. The van der Waals surface area contributed by atoms with Gasteiger partial charge in [-0.2, -0.15) is 0 Å². The standard InChI is InChI=1S/C13H19NO4/c1-3-5-9(13(17)18)14-8(2)12-10(15)6-4-7-11(12)16/h4,6-9,14-16H,3,5H2,1-2H3,(H,17,18). The molecule has 1 aromatic carbocycles. The number of carboxylic acid groups (broad SMARTS) is 1. The van der Waals surface area contributed by atoms with Crippen molar-refractivity contribution in [3.05, 3.63) is 23.8 Å². The largest absolute Gasteiger partial charge is 0.507 e. The molecule has 0 fully saturated rings. The smallest absolute Gasteiger partial charge is 0.320 e. The van der Waals surface area contributed by atoms with Crippen molar-refractivity contribution in [1.29, 1.82) is 0 Å². The summed E-state index contributed by atoms with van der Waals surface area (Å²) in [6, 6.07) is 3.32. The molecule has 0 radical (unpaired) electrons. The molecule has 5 nitrogen and oxygen atoms in total. The van der Waals surface area contributed by atoms with E-state index in [0.29, 0.717) is 12.0 Å². The maximum absolute atomic E-state index is 11.0. The van der Waals surface area contributed by atoms with Crippen molar-refractivity contribution in [2.75, 3.05) is 0 Å². The number of aromatic hydroxyl groups is 2. The van der Waals surface area contributed by atoms with Crippen molar-refractivity contribution in [1.82, 2.24) is 5.32 Å². The van der Waals surface area contributed by atoms with Crippen LogP contribution in [0.25, 0.3) is 0 Å². The quantitative estimate of drug-likeness (QED) is 0.622. The number of rotatable bonds is 6. The second-order valence-corrected chi connectivity index (χ2v) is 4.28. The Morgan fingerprint density at radius 3 is 2.33 bits per heavy atom. The average Bonchev–Trinajstić information content (AvgIpc) is 2.28. The zero-order chi connectivity index (χ0) is 13.7. The lowest BCUT2D eigenvalue weighted by molar-refractivity contribution is -0.139. The van der Waals surface area contributed by atoms with Gasteiger partial charge in [0, 0.05) is 6.04 Å². The molecule has 1 aromatic rings. The molecule has 1 rings (SSSR count). The Hall–Kier alpha value is -1.75. The molecule has 0 amide bonds. The summed E-state index contributed by atoms with van der Waals surface area (Å²) in [6.45, 7) is 3.61. The van der Waals surface area contributed by atoms with Crippen LogP contribution in [0.15, 0.2) is 18.2 Å². The molecule has 0 aliphatic carbocycles. The Morgan fingerprint density at radius 2 is 1.89 bits per heavy atom. The Labute approximate surface area is 106 Å². The highest BCUT2D eigenvalue weighted by Gasteiger charge is 2.22. The normalized spacial score (nSPS) is 14.1. The highest BCUT2D eigenvalue weighted by atomic mass is 16.4. The van der Waals surface area contributed by atoms with Gasteiger partial charge in [-0.3, -0.25) is 10.1 Å². The monoisotopic (exact) mass is 253 g/mol. The molecule has 0 aromatic heterocycles. The molecule has 4 N–H and O–H groups in total. The van der Waals surface area contributed by atoms with E-state index in [1.165, 1.54) is 18.2 Å². The van der Waals surface area contributed by atoms with Crippen LogP contribution >= 0.6 is 0 Å². The van der Waals surface area contributed by atoms with Gasteiger partial charge in [0.25, 0.3) is 0 Å². The van der Waals surface area contributed by atoms with Crippen LogP contribution in [-0.2, 0) is 4.79 Å². The van der Waals surface area contributed by atoms with E-state index in [1.807, 2.05) is 6.92 Å². The van der Waals surface area contributed by atoms with E-state index >= 15 is 0 Å². The molecule has 2 unspecified atom stereocenters. The number of phenols is 2. The fourth-order valence-electron chi connectivity index (χ4n) is 1.94. The van der Waals surface area contributed by atoms with E-state index in [0.717, 1.165) is 6.42 Å². The van der Waals surface area contributed by atoms with Crippen LogP contribution in [-0.4, -0.2) is 27.3 Å². The summed E-state index contributed by atoms with van der Waals surface area (Å²) in [5.41, 5.74) is 0.319. The van der Waals surface area contributed by atoms with Crippen molar-refractivity contribution in [2.45, 2.75) is 38.8 Å². The first kappa shape index (κ1) is 14.3. The van der Waals surface area contributed by atoms with Gasteiger partial charge in [-0.05, 0) is 25.5 Å². The SMILES string of the molecule is CCCC(NC(C)c1c(O)cccc1O)C(=O)O. The third-order valence-corrected chi connectivity index (χ3v) is 2.82. The summed E-state index contributed by atoms with van der Waals surface area (Å²) in [5.74, 6) is -1.02. The number of phenolic OH excluding ortho intramolecular Hbond substituents is 2. The minimum absolute atomic E-state index is 0.0457. The fourth-order valence-corrected chi connectivity index (χ4v) is 1.94. The van der Waals surface area contributed by atoms with Crippen molar-refractivity contribution in [2.24, 2.45) is 0 Å². The summed E-state index contributed by atoms with van der Waals surface area (Å²) in [7, 11) is 0. The highest BCUT2D eigenvalue weighted by Crippen LogP contribution is 2.32. The van der Waals surface area contributed by atoms with Crippen LogP contribution in [0.2, 0.25) is 0 Å². The van der Waals surface area contributed by atoms with E-state index < -0.39 is 18.1 Å². The summed E-state index contributed by atoms with van der Waals surface area (Å²) >= 11 is 0. The minimum Gasteiger partial charge on any atom is -0.507 e. The zero-order valence-corrected chi connectivity index (χ0v) is 10.6. The second kappa shape index (κ2) is 6.26. The number of nitrogens with one attached hydrogen (secondary N) is 1. The van der Waals surface area contributed by atoms with Crippen LogP contribution in [0.5, 0.6) is 11.5 Å². The maximum atomic E-state index is 11.0. The molecule has 5 heteroatoms.